The number of anilines is 1. The molecule has 1 N–H and O–H groups in total. The zero-order chi connectivity index (χ0) is 23.5. The highest BCUT2D eigenvalue weighted by molar-refractivity contribution is 6.30. The van der Waals surface area contributed by atoms with Crippen molar-refractivity contribution in [3.05, 3.63) is 113 Å². The molecule has 3 atom stereocenters. The van der Waals surface area contributed by atoms with Gasteiger partial charge in [0.25, 0.3) is 0 Å². The average molecular weight is 471 g/mol. The third-order valence-electron chi connectivity index (χ3n) is 7.13. The number of nitrogens with zero attached hydrogens (tertiary/aromatic N) is 2. The van der Waals surface area contributed by atoms with Crippen LogP contribution >= 0.6 is 11.6 Å². The summed E-state index contributed by atoms with van der Waals surface area (Å²) in [6.45, 7) is 1.56. The summed E-state index contributed by atoms with van der Waals surface area (Å²) in [6.07, 6.45) is 1.47. The van der Waals surface area contributed by atoms with Crippen molar-refractivity contribution in [3.8, 4) is 0 Å². The van der Waals surface area contributed by atoms with E-state index < -0.39 is 6.10 Å². The minimum atomic E-state index is -0.444. The van der Waals surface area contributed by atoms with Crippen LogP contribution in [0.3, 0.4) is 0 Å². The van der Waals surface area contributed by atoms with Gasteiger partial charge in [-0.1, -0.05) is 90.5 Å². The Morgan fingerprint density at radius 1 is 0.735 bits per heavy atom. The fourth-order valence-corrected chi connectivity index (χ4v) is 5.50. The van der Waals surface area contributed by atoms with Crippen LogP contribution in [-0.4, -0.2) is 35.2 Å². The Bertz CT molecular complexity index is 1220. The lowest BCUT2D eigenvalue weighted by Gasteiger charge is -2.36. The predicted octanol–water partition coefficient (Wildman–Crippen LogP) is 6.52. The lowest BCUT2D eigenvalue weighted by atomic mass is 10.0. The van der Waals surface area contributed by atoms with Crippen LogP contribution < -0.4 is 4.90 Å². The van der Waals surface area contributed by atoms with Gasteiger partial charge in [-0.25, -0.2) is 0 Å². The Morgan fingerprint density at radius 3 is 2.18 bits per heavy atom. The minimum absolute atomic E-state index is 0.0321. The fraction of sp³-hybridized carbons (Fsp3) is 0.267. The highest BCUT2D eigenvalue weighted by Gasteiger charge is 2.40. The summed E-state index contributed by atoms with van der Waals surface area (Å²) in [5, 5.41) is 14.8. The van der Waals surface area contributed by atoms with Crippen molar-refractivity contribution in [1.82, 2.24) is 4.90 Å². The molecule has 4 aromatic carbocycles. The first kappa shape index (κ1) is 22.9. The summed E-state index contributed by atoms with van der Waals surface area (Å²) in [4.78, 5) is 4.72. The normalized spacial score (nSPS) is 20.2. The maximum atomic E-state index is 11.6. The SMILES string of the molecule is CN(Cc1ccccc1)[C@H]1CC[C@H](N(Cc2ccc(Cl)cc2)c2cccc3ccccc23)[C@H]1O. The first-order valence-electron chi connectivity index (χ1n) is 12.0. The van der Waals surface area contributed by atoms with E-state index in [1.165, 1.54) is 27.6 Å². The molecule has 0 bridgehead atoms. The molecule has 0 saturated heterocycles. The Kier molecular flexibility index (Phi) is 6.87. The van der Waals surface area contributed by atoms with Crippen molar-refractivity contribution in [2.45, 2.75) is 44.1 Å². The van der Waals surface area contributed by atoms with Crippen molar-refractivity contribution in [2.75, 3.05) is 11.9 Å². The summed E-state index contributed by atoms with van der Waals surface area (Å²) in [5.41, 5.74) is 3.63. The Balaban J connectivity index is 1.45. The van der Waals surface area contributed by atoms with E-state index in [0.717, 1.165) is 31.0 Å². The summed E-state index contributed by atoms with van der Waals surface area (Å²) in [7, 11) is 2.13. The first-order valence-corrected chi connectivity index (χ1v) is 12.4. The van der Waals surface area contributed by atoms with Gasteiger partial charge in [-0.2, -0.15) is 0 Å². The van der Waals surface area contributed by atoms with Gasteiger partial charge in [0, 0.05) is 35.2 Å². The number of halogens is 1. The first-order chi connectivity index (χ1) is 16.6. The topological polar surface area (TPSA) is 26.7 Å². The maximum absolute atomic E-state index is 11.6. The zero-order valence-electron chi connectivity index (χ0n) is 19.5. The third-order valence-corrected chi connectivity index (χ3v) is 7.38. The van der Waals surface area contributed by atoms with Gasteiger partial charge in [-0.05, 0) is 54.6 Å². The predicted molar refractivity (Wildman–Crippen MR) is 142 cm³/mol. The van der Waals surface area contributed by atoms with Crippen molar-refractivity contribution in [1.29, 1.82) is 0 Å². The standard InChI is InChI=1S/C30H31ClN2O/c1-32(20-22-8-3-2-4-9-22)28-18-19-29(30(28)34)33(21-23-14-16-25(31)17-15-23)27-13-7-11-24-10-5-6-12-26(24)27/h2-17,28-30,34H,18-21H2,1H3/t28-,29-,30-/m0/s1. The second-order valence-electron chi connectivity index (χ2n) is 9.36. The number of aliphatic hydroxyl groups is 1. The molecule has 0 spiro atoms. The highest BCUT2D eigenvalue weighted by atomic mass is 35.5. The number of fused-ring (bicyclic) bond motifs is 1. The highest BCUT2D eigenvalue weighted by Crippen LogP contribution is 2.36. The van der Waals surface area contributed by atoms with Crippen LogP contribution in [0.15, 0.2) is 97.1 Å². The number of benzene rings is 4. The number of likely N-dealkylation sites (N-methyl/N-ethyl adjacent to an activating group) is 1. The van der Waals surface area contributed by atoms with E-state index in [1.54, 1.807) is 0 Å². The molecule has 5 rings (SSSR count). The second kappa shape index (κ2) is 10.2. The smallest absolute Gasteiger partial charge is 0.0898 e. The Hall–Kier alpha value is -2.85. The molecule has 1 aliphatic rings. The summed E-state index contributed by atoms with van der Waals surface area (Å²) in [5.74, 6) is 0. The molecule has 0 radical (unpaired) electrons. The summed E-state index contributed by atoms with van der Waals surface area (Å²) in [6, 6.07) is 33.7. The van der Waals surface area contributed by atoms with Gasteiger partial charge in [0.15, 0.2) is 0 Å². The van der Waals surface area contributed by atoms with Gasteiger partial charge in [-0.15, -0.1) is 0 Å². The van der Waals surface area contributed by atoms with Gasteiger partial charge in [-0.3, -0.25) is 4.90 Å². The molecule has 1 saturated carbocycles. The van der Waals surface area contributed by atoms with Crippen molar-refractivity contribution >= 4 is 28.1 Å². The lowest BCUT2D eigenvalue weighted by Crippen LogP contribution is -2.47. The van der Waals surface area contributed by atoms with Crippen LogP contribution in [0.25, 0.3) is 10.8 Å². The van der Waals surface area contributed by atoms with Crippen LogP contribution in [0, 0.1) is 0 Å². The van der Waals surface area contributed by atoms with Gasteiger partial charge in [0.2, 0.25) is 0 Å². The second-order valence-corrected chi connectivity index (χ2v) is 9.79. The van der Waals surface area contributed by atoms with Crippen molar-refractivity contribution in [3.63, 3.8) is 0 Å². The van der Waals surface area contributed by atoms with E-state index in [0.29, 0.717) is 0 Å². The molecule has 0 heterocycles. The van der Waals surface area contributed by atoms with Crippen LogP contribution in [0.5, 0.6) is 0 Å². The molecule has 34 heavy (non-hydrogen) atoms. The molecule has 174 valence electrons. The van der Waals surface area contributed by atoms with Crippen molar-refractivity contribution in [2.24, 2.45) is 0 Å². The van der Waals surface area contributed by atoms with Crippen LogP contribution in [0.4, 0.5) is 5.69 Å². The van der Waals surface area contributed by atoms with E-state index in [-0.39, 0.29) is 12.1 Å². The Morgan fingerprint density at radius 2 is 1.38 bits per heavy atom. The van der Waals surface area contributed by atoms with E-state index in [9.17, 15) is 5.11 Å². The largest absolute Gasteiger partial charge is 0.389 e. The van der Waals surface area contributed by atoms with Gasteiger partial charge < -0.3 is 10.0 Å². The minimum Gasteiger partial charge on any atom is -0.389 e. The van der Waals surface area contributed by atoms with Crippen molar-refractivity contribution < 1.29 is 5.11 Å². The molecule has 0 amide bonds. The van der Waals surface area contributed by atoms with Crippen LogP contribution in [-0.2, 0) is 13.1 Å². The molecule has 0 aromatic heterocycles. The number of hydrogen-bond donors (Lipinski definition) is 1. The fourth-order valence-electron chi connectivity index (χ4n) is 5.38. The molecule has 1 aliphatic carbocycles. The molecular formula is C30H31ClN2O. The molecular weight excluding hydrogens is 440 g/mol. The zero-order valence-corrected chi connectivity index (χ0v) is 20.3. The molecule has 3 nitrogen and oxygen atoms in total. The summed E-state index contributed by atoms with van der Waals surface area (Å²) < 4.78 is 0. The summed E-state index contributed by atoms with van der Waals surface area (Å²) >= 11 is 6.15. The van der Waals surface area contributed by atoms with Crippen LogP contribution in [0.2, 0.25) is 5.02 Å². The number of rotatable bonds is 7. The van der Waals surface area contributed by atoms with Gasteiger partial charge >= 0.3 is 0 Å². The van der Waals surface area contributed by atoms with Crippen LogP contribution in [0.1, 0.15) is 24.0 Å². The Labute approximate surface area is 207 Å². The molecule has 1 fully saturated rings. The molecule has 0 unspecified atom stereocenters. The quantitative estimate of drug-likeness (QED) is 0.333. The number of hydrogen-bond acceptors (Lipinski definition) is 3. The van der Waals surface area contributed by atoms with Gasteiger partial charge in [0.05, 0.1) is 12.1 Å². The van der Waals surface area contributed by atoms with E-state index in [4.69, 9.17) is 11.6 Å². The maximum Gasteiger partial charge on any atom is 0.0898 e. The van der Waals surface area contributed by atoms with Gasteiger partial charge in [0.1, 0.15) is 0 Å². The monoisotopic (exact) mass is 470 g/mol. The number of aliphatic hydroxyl groups excluding tert-OH is 1. The average Bonchev–Trinajstić information content (AvgIpc) is 3.25. The van der Waals surface area contributed by atoms with E-state index in [1.807, 2.05) is 18.2 Å². The lowest BCUT2D eigenvalue weighted by molar-refractivity contribution is 0.0710. The molecule has 0 aliphatic heterocycles. The van der Waals surface area contributed by atoms with E-state index in [2.05, 4.69) is 95.7 Å². The molecule has 4 aromatic rings. The van der Waals surface area contributed by atoms with E-state index >= 15 is 0 Å². The third kappa shape index (κ3) is 4.83. The molecule has 4 heteroatoms.